The Morgan fingerprint density at radius 3 is 2.73 bits per heavy atom. The molecule has 114 valence electrons. The second kappa shape index (κ2) is 4.98. The van der Waals surface area contributed by atoms with E-state index in [4.69, 9.17) is 4.74 Å². The number of carbonyl (C=O) groups excluding carboxylic acids is 1. The number of methoxy groups -OCH3 is 1. The fraction of sp³-hybridized carbons (Fsp3) is 0.312. The SMILES string of the molecule is COc1cccc2c([N+](=O)[O-])cn(C3(/C=C/C(C)=O)CC3)c12. The highest BCUT2D eigenvalue weighted by Gasteiger charge is 2.44. The number of fused-ring (bicyclic) bond motifs is 1. The number of hydrogen-bond acceptors (Lipinski definition) is 4. The van der Waals surface area contributed by atoms with Gasteiger partial charge in [0.1, 0.15) is 5.75 Å². The standard InChI is InChI=1S/C16H16N2O4/c1-11(19)6-7-16(8-9-16)17-10-13(18(20)21)12-4-3-5-14(22-2)15(12)17/h3-7,10H,8-9H2,1-2H3/b7-6+. The van der Waals surface area contributed by atoms with Crippen molar-refractivity contribution in [3.63, 3.8) is 0 Å². The molecule has 1 aliphatic carbocycles. The number of allylic oxidation sites excluding steroid dienone is 2. The summed E-state index contributed by atoms with van der Waals surface area (Å²) >= 11 is 0. The topological polar surface area (TPSA) is 74.4 Å². The van der Waals surface area contributed by atoms with Crippen molar-refractivity contribution in [3.05, 3.63) is 46.7 Å². The van der Waals surface area contributed by atoms with Crippen molar-refractivity contribution in [3.8, 4) is 5.75 Å². The lowest BCUT2D eigenvalue weighted by molar-refractivity contribution is -0.383. The molecule has 1 aliphatic rings. The van der Waals surface area contributed by atoms with E-state index in [2.05, 4.69) is 0 Å². The normalized spacial score (nSPS) is 16.1. The maximum atomic E-state index is 11.3. The van der Waals surface area contributed by atoms with E-state index < -0.39 is 0 Å². The van der Waals surface area contributed by atoms with Crippen LogP contribution in [0.3, 0.4) is 0 Å². The van der Waals surface area contributed by atoms with E-state index in [1.807, 2.05) is 10.6 Å². The molecule has 0 radical (unpaired) electrons. The Labute approximate surface area is 127 Å². The summed E-state index contributed by atoms with van der Waals surface area (Å²) in [7, 11) is 1.54. The molecule has 1 fully saturated rings. The highest BCUT2D eigenvalue weighted by atomic mass is 16.6. The number of para-hydroxylation sites is 1. The van der Waals surface area contributed by atoms with Gasteiger partial charge in [-0.25, -0.2) is 0 Å². The number of nitro groups is 1. The molecule has 0 aliphatic heterocycles. The third kappa shape index (κ3) is 2.16. The van der Waals surface area contributed by atoms with E-state index >= 15 is 0 Å². The van der Waals surface area contributed by atoms with Gasteiger partial charge in [0.2, 0.25) is 0 Å². The molecule has 6 nitrogen and oxygen atoms in total. The molecule has 1 aromatic carbocycles. The third-order valence-electron chi connectivity index (χ3n) is 4.05. The lowest BCUT2D eigenvalue weighted by Gasteiger charge is -2.15. The van der Waals surface area contributed by atoms with Gasteiger partial charge in [-0.3, -0.25) is 14.9 Å². The summed E-state index contributed by atoms with van der Waals surface area (Å²) in [4.78, 5) is 22.2. The summed E-state index contributed by atoms with van der Waals surface area (Å²) in [6.45, 7) is 1.49. The van der Waals surface area contributed by atoms with Crippen LogP contribution in [-0.2, 0) is 10.3 Å². The Morgan fingerprint density at radius 1 is 1.45 bits per heavy atom. The molecular formula is C16H16N2O4. The monoisotopic (exact) mass is 300 g/mol. The molecule has 2 aromatic rings. The number of benzene rings is 1. The van der Waals surface area contributed by atoms with Crippen molar-refractivity contribution in [1.82, 2.24) is 4.57 Å². The zero-order chi connectivity index (χ0) is 15.9. The maximum absolute atomic E-state index is 11.3. The highest BCUT2D eigenvalue weighted by Crippen LogP contribution is 2.50. The van der Waals surface area contributed by atoms with E-state index in [9.17, 15) is 14.9 Å². The average molecular weight is 300 g/mol. The first kappa shape index (κ1) is 14.3. The molecular weight excluding hydrogens is 284 g/mol. The van der Waals surface area contributed by atoms with Gasteiger partial charge in [0.25, 0.3) is 5.69 Å². The first-order chi connectivity index (χ1) is 10.5. The van der Waals surface area contributed by atoms with E-state index in [1.165, 1.54) is 13.0 Å². The average Bonchev–Trinajstić information content (AvgIpc) is 3.17. The van der Waals surface area contributed by atoms with Crippen LogP contribution in [0.5, 0.6) is 5.75 Å². The van der Waals surface area contributed by atoms with Crippen molar-refractivity contribution >= 4 is 22.4 Å². The molecule has 1 saturated carbocycles. The summed E-state index contributed by atoms with van der Waals surface area (Å²) in [6.07, 6.45) is 6.60. The lowest BCUT2D eigenvalue weighted by atomic mass is 10.2. The second-order valence-corrected chi connectivity index (χ2v) is 5.55. The first-order valence-corrected chi connectivity index (χ1v) is 7.01. The van der Waals surface area contributed by atoms with Gasteiger partial charge in [-0.2, -0.15) is 0 Å². The number of rotatable bonds is 5. The molecule has 22 heavy (non-hydrogen) atoms. The fourth-order valence-electron chi connectivity index (χ4n) is 2.78. The quantitative estimate of drug-likeness (QED) is 0.483. The van der Waals surface area contributed by atoms with Gasteiger partial charge in [-0.1, -0.05) is 12.1 Å². The van der Waals surface area contributed by atoms with Gasteiger partial charge in [-0.05, 0) is 38.0 Å². The van der Waals surface area contributed by atoms with Crippen molar-refractivity contribution < 1.29 is 14.5 Å². The zero-order valence-electron chi connectivity index (χ0n) is 12.4. The Kier molecular flexibility index (Phi) is 3.24. The van der Waals surface area contributed by atoms with Crippen LogP contribution >= 0.6 is 0 Å². The van der Waals surface area contributed by atoms with Crippen LogP contribution < -0.4 is 4.74 Å². The minimum absolute atomic E-state index is 0.0378. The summed E-state index contributed by atoms with van der Waals surface area (Å²) < 4.78 is 7.25. The van der Waals surface area contributed by atoms with E-state index in [0.29, 0.717) is 16.7 Å². The van der Waals surface area contributed by atoms with Crippen LogP contribution in [0.1, 0.15) is 19.8 Å². The van der Waals surface area contributed by atoms with E-state index in [0.717, 1.165) is 12.8 Å². The van der Waals surface area contributed by atoms with Gasteiger partial charge in [-0.15, -0.1) is 0 Å². The Bertz CT molecular complexity index is 800. The van der Waals surface area contributed by atoms with Crippen LogP contribution in [0.2, 0.25) is 0 Å². The minimum atomic E-state index is -0.386. The first-order valence-electron chi connectivity index (χ1n) is 7.01. The molecule has 1 heterocycles. The molecule has 0 N–H and O–H groups in total. The molecule has 6 heteroatoms. The van der Waals surface area contributed by atoms with Gasteiger partial charge < -0.3 is 9.30 Å². The highest BCUT2D eigenvalue weighted by molar-refractivity contribution is 5.94. The fourth-order valence-corrected chi connectivity index (χ4v) is 2.78. The van der Waals surface area contributed by atoms with Crippen molar-refractivity contribution in [2.24, 2.45) is 0 Å². The predicted molar refractivity (Wildman–Crippen MR) is 82.2 cm³/mol. The number of ketones is 1. The summed E-state index contributed by atoms with van der Waals surface area (Å²) in [5.41, 5.74) is 0.381. The molecule has 1 aromatic heterocycles. The molecule has 0 saturated heterocycles. The molecule has 0 unspecified atom stereocenters. The molecule has 3 rings (SSSR count). The minimum Gasteiger partial charge on any atom is -0.495 e. The summed E-state index contributed by atoms with van der Waals surface area (Å²) in [6, 6.07) is 5.24. The van der Waals surface area contributed by atoms with Gasteiger partial charge in [0, 0.05) is 0 Å². The molecule has 0 bridgehead atoms. The number of ether oxygens (including phenoxy) is 1. The van der Waals surface area contributed by atoms with E-state index in [1.54, 1.807) is 31.5 Å². The smallest absolute Gasteiger partial charge is 0.294 e. The van der Waals surface area contributed by atoms with Crippen LogP contribution in [0.15, 0.2) is 36.5 Å². The Morgan fingerprint density at radius 2 is 2.18 bits per heavy atom. The Hall–Kier alpha value is -2.63. The maximum Gasteiger partial charge on any atom is 0.294 e. The van der Waals surface area contributed by atoms with Crippen LogP contribution in [-0.4, -0.2) is 22.4 Å². The van der Waals surface area contributed by atoms with E-state index in [-0.39, 0.29) is 21.9 Å². The van der Waals surface area contributed by atoms with Gasteiger partial charge in [0.15, 0.2) is 5.78 Å². The molecule has 0 spiro atoms. The number of aromatic nitrogens is 1. The van der Waals surface area contributed by atoms with Gasteiger partial charge >= 0.3 is 0 Å². The van der Waals surface area contributed by atoms with Crippen LogP contribution in [0.4, 0.5) is 5.69 Å². The summed E-state index contributed by atoms with van der Waals surface area (Å²) in [5.74, 6) is 0.553. The van der Waals surface area contributed by atoms with Crippen LogP contribution in [0.25, 0.3) is 10.9 Å². The van der Waals surface area contributed by atoms with Crippen molar-refractivity contribution in [1.29, 1.82) is 0 Å². The molecule has 0 amide bonds. The van der Waals surface area contributed by atoms with Crippen LogP contribution in [0, 0.1) is 10.1 Å². The Balaban J connectivity index is 2.26. The predicted octanol–water partition coefficient (Wildman–Crippen LogP) is 3.19. The van der Waals surface area contributed by atoms with Crippen molar-refractivity contribution in [2.75, 3.05) is 7.11 Å². The zero-order valence-corrected chi connectivity index (χ0v) is 12.4. The lowest BCUT2D eigenvalue weighted by Crippen LogP contribution is -2.13. The molecule has 0 atom stereocenters. The van der Waals surface area contributed by atoms with Crippen molar-refractivity contribution in [2.45, 2.75) is 25.3 Å². The van der Waals surface area contributed by atoms with Gasteiger partial charge in [0.05, 0.1) is 34.7 Å². The second-order valence-electron chi connectivity index (χ2n) is 5.55. The number of hydrogen-bond donors (Lipinski definition) is 0. The number of carbonyl (C=O) groups is 1. The number of nitrogens with zero attached hydrogens (tertiary/aromatic N) is 2. The largest absolute Gasteiger partial charge is 0.495 e. The third-order valence-corrected chi connectivity index (χ3v) is 4.05. The summed E-state index contributed by atoms with van der Waals surface area (Å²) in [5, 5.41) is 11.9.